The molecule has 2 aromatic rings. The Kier molecular flexibility index (Phi) is 7.68. The zero-order valence-corrected chi connectivity index (χ0v) is 17.3. The number of aryl methyl sites for hydroxylation is 1. The predicted molar refractivity (Wildman–Crippen MR) is 107 cm³/mol. The smallest absolute Gasteiger partial charge is 0.306 e. The van der Waals surface area contributed by atoms with Crippen molar-refractivity contribution in [3.05, 3.63) is 57.0 Å². The van der Waals surface area contributed by atoms with Crippen molar-refractivity contribution < 1.29 is 22.7 Å². The molecule has 7 nitrogen and oxygen atoms in total. The van der Waals surface area contributed by atoms with Crippen LogP contribution in [0.15, 0.2) is 41.3 Å². The fraction of sp³-hybridized carbons (Fsp3) is 0.176. The predicted octanol–water partition coefficient (Wildman–Crippen LogP) is 3.41. The lowest BCUT2D eigenvalue weighted by molar-refractivity contribution is -0.147. The van der Waals surface area contributed by atoms with Crippen molar-refractivity contribution in [2.75, 3.05) is 11.9 Å². The molecule has 0 aliphatic heterocycles. The zero-order valence-electron chi connectivity index (χ0n) is 14.2. The number of carbonyl (C=O) groups excluding carboxylic acids is 2. The fourth-order valence-corrected chi connectivity index (χ4v) is 3.57. The summed E-state index contributed by atoms with van der Waals surface area (Å²) in [6.07, 6.45) is 0.310. The number of primary sulfonamides is 1. The van der Waals surface area contributed by atoms with Gasteiger partial charge >= 0.3 is 5.97 Å². The minimum absolute atomic E-state index is 0.00442. The highest BCUT2D eigenvalue weighted by Gasteiger charge is 2.13. The second-order valence-electron chi connectivity index (χ2n) is 5.64. The molecule has 0 saturated heterocycles. The number of sulfonamides is 1. The number of halogens is 3. The topological polar surface area (TPSA) is 116 Å². The number of anilines is 1. The molecule has 2 aromatic carbocycles. The number of nitrogens with one attached hydrogen (secondary N) is 1. The van der Waals surface area contributed by atoms with Crippen molar-refractivity contribution in [1.82, 2.24) is 0 Å². The van der Waals surface area contributed by atoms with Crippen LogP contribution in [-0.4, -0.2) is 26.9 Å². The number of hydrogen-bond acceptors (Lipinski definition) is 5. The van der Waals surface area contributed by atoms with Crippen LogP contribution in [-0.2, 0) is 30.8 Å². The molecule has 0 atom stereocenters. The minimum Gasteiger partial charge on any atom is -0.456 e. The van der Waals surface area contributed by atoms with E-state index in [0.717, 1.165) is 0 Å². The van der Waals surface area contributed by atoms with E-state index in [4.69, 9.17) is 44.7 Å². The Labute approximate surface area is 176 Å². The van der Waals surface area contributed by atoms with Crippen molar-refractivity contribution in [2.24, 2.45) is 5.14 Å². The van der Waals surface area contributed by atoms with Crippen LogP contribution in [0.4, 0.5) is 5.69 Å². The standard InChI is InChI=1S/C17H15Cl3N2O5S/c18-11-7-13(19)17(14(20)8-11)22-15(23)9-27-16(24)6-3-10-1-4-12(5-2-10)28(21,25)26/h1-2,4-5,7-8H,3,6,9H2,(H,22,23)(H2,21,25,26). The Morgan fingerprint density at radius 2 is 1.61 bits per heavy atom. The molecule has 0 aliphatic rings. The van der Waals surface area contributed by atoms with Crippen molar-refractivity contribution in [3.8, 4) is 0 Å². The molecule has 28 heavy (non-hydrogen) atoms. The minimum atomic E-state index is -3.77. The summed E-state index contributed by atoms with van der Waals surface area (Å²) in [6, 6.07) is 8.62. The molecular formula is C17H15Cl3N2O5S. The third-order valence-electron chi connectivity index (χ3n) is 3.51. The SMILES string of the molecule is NS(=O)(=O)c1ccc(CCC(=O)OCC(=O)Nc2c(Cl)cc(Cl)cc2Cl)cc1. The van der Waals surface area contributed by atoms with Gasteiger partial charge in [0.05, 0.1) is 20.6 Å². The molecule has 0 spiro atoms. The van der Waals surface area contributed by atoms with Crippen LogP contribution >= 0.6 is 34.8 Å². The van der Waals surface area contributed by atoms with Crippen LogP contribution in [0.1, 0.15) is 12.0 Å². The van der Waals surface area contributed by atoms with Crippen molar-refractivity contribution >= 4 is 62.4 Å². The Bertz CT molecular complexity index is 971. The second kappa shape index (κ2) is 9.58. The second-order valence-corrected chi connectivity index (χ2v) is 8.45. The summed E-state index contributed by atoms with van der Waals surface area (Å²) in [5.74, 6) is -1.21. The number of ether oxygens (including phenoxy) is 1. The lowest BCUT2D eigenvalue weighted by atomic mass is 10.1. The number of amides is 1. The number of esters is 1. The van der Waals surface area contributed by atoms with Crippen LogP contribution in [0.5, 0.6) is 0 Å². The number of rotatable bonds is 7. The van der Waals surface area contributed by atoms with Crippen LogP contribution < -0.4 is 10.5 Å². The maximum absolute atomic E-state index is 11.9. The molecule has 0 aliphatic carbocycles. The molecule has 0 fully saturated rings. The lowest BCUT2D eigenvalue weighted by Crippen LogP contribution is -2.21. The van der Waals surface area contributed by atoms with E-state index < -0.39 is 28.5 Å². The maximum atomic E-state index is 11.9. The summed E-state index contributed by atoms with van der Waals surface area (Å²) in [5, 5.41) is 8.09. The summed E-state index contributed by atoms with van der Waals surface area (Å²) >= 11 is 17.7. The molecule has 0 saturated carbocycles. The zero-order chi connectivity index (χ0) is 20.9. The molecule has 0 aromatic heterocycles. The first-order valence-corrected chi connectivity index (χ1v) is 10.5. The van der Waals surface area contributed by atoms with Gasteiger partial charge in [-0.05, 0) is 36.2 Å². The summed E-state index contributed by atoms with van der Waals surface area (Å²) in [7, 11) is -3.77. The number of nitrogens with two attached hydrogens (primary N) is 1. The van der Waals surface area contributed by atoms with Gasteiger partial charge in [-0.15, -0.1) is 0 Å². The van der Waals surface area contributed by atoms with E-state index in [9.17, 15) is 18.0 Å². The third kappa shape index (κ3) is 6.65. The molecular weight excluding hydrogens is 451 g/mol. The van der Waals surface area contributed by atoms with Gasteiger partial charge in [0.25, 0.3) is 5.91 Å². The average Bonchev–Trinajstić information content (AvgIpc) is 2.60. The van der Waals surface area contributed by atoms with E-state index in [-0.39, 0.29) is 27.0 Å². The average molecular weight is 466 g/mol. The Hall–Kier alpha value is -1.84. The highest BCUT2D eigenvalue weighted by Crippen LogP contribution is 2.33. The molecule has 0 bridgehead atoms. The van der Waals surface area contributed by atoms with Gasteiger partial charge in [-0.25, -0.2) is 13.6 Å². The summed E-state index contributed by atoms with van der Waals surface area (Å²) in [5.41, 5.74) is 0.886. The highest BCUT2D eigenvalue weighted by atomic mass is 35.5. The van der Waals surface area contributed by atoms with Crippen LogP contribution in [0.3, 0.4) is 0 Å². The fourth-order valence-electron chi connectivity index (χ4n) is 2.15. The van der Waals surface area contributed by atoms with Gasteiger partial charge in [0, 0.05) is 11.4 Å². The van der Waals surface area contributed by atoms with E-state index in [2.05, 4.69) is 5.32 Å². The van der Waals surface area contributed by atoms with Crippen molar-refractivity contribution in [2.45, 2.75) is 17.7 Å². The van der Waals surface area contributed by atoms with Crippen molar-refractivity contribution in [1.29, 1.82) is 0 Å². The van der Waals surface area contributed by atoms with E-state index in [1.54, 1.807) is 12.1 Å². The normalized spacial score (nSPS) is 11.1. The third-order valence-corrected chi connectivity index (χ3v) is 5.25. The highest BCUT2D eigenvalue weighted by molar-refractivity contribution is 7.89. The summed E-state index contributed by atoms with van der Waals surface area (Å²) < 4.78 is 27.3. The first kappa shape index (κ1) is 22.4. The van der Waals surface area contributed by atoms with Crippen LogP contribution in [0.25, 0.3) is 0 Å². The van der Waals surface area contributed by atoms with Crippen LogP contribution in [0, 0.1) is 0 Å². The molecule has 150 valence electrons. The number of benzene rings is 2. The van der Waals surface area contributed by atoms with Gasteiger partial charge in [-0.2, -0.15) is 0 Å². The largest absolute Gasteiger partial charge is 0.456 e. The summed E-state index contributed by atoms with van der Waals surface area (Å²) in [4.78, 5) is 23.7. The summed E-state index contributed by atoms with van der Waals surface area (Å²) in [6.45, 7) is -0.515. The van der Waals surface area contributed by atoms with E-state index in [1.807, 2.05) is 0 Å². The Morgan fingerprint density at radius 3 is 2.14 bits per heavy atom. The molecule has 0 heterocycles. The Morgan fingerprint density at radius 1 is 1.04 bits per heavy atom. The molecule has 1 amide bonds. The first-order chi connectivity index (χ1) is 13.1. The van der Waals surface area contributed by atoms with Gasteiger partial charge in [-0.3, -0.25) is 9.59 Å². The van der Waals surface area contributed by atoms with E-state index in [1.165, 1.54) is 24.3 Å². The molecule has 0 radical (unpaired) electrons. The van der Waals surface area contributed by atoms with Gasteiger partial charge in [0.2, 0.25) is 10.0 Å². The molecule has 3 N–H and O–H groups in total. The first-order valence-electron chi connectivity index (χ1n) is 7.78. The monoisotopic (exact) mass is 464 g/mol. The molecule has 2 rings (SSSR count). The molecule has 0 unspecified atom stereocenters. The van der Waals surface area contributed by atoms with E-state index >= 15 is 0 Å². The lowest BCUT2D eigenvalue weighted by Gasteiger charge is -2.10. The van der Waals surface area contributed by atoms with Gasteiger partial charge in [0.15, 0.2) is 6.61 Å². The maximum Gasteiger partial charge on any atom is 0.306 e. The number of hydrogen-bond donors (Lipinski definition) is 2. The quantitative estimate of drug-likeness (QED) is 0.608. The van der Waals surface area contributed by atoms with Crippen LogP contribution in [0.2, 0.25) is 15.1 Å². The van der Waals surface area contributed by atoms with Gasteiger partial charge in [-0.1, -0.05) is 46.9 Å². The number of carbonyl (C=O) groups is 2. The molecule has 11 heteroatoms. The van der Waals surface area contributed by atoms with E-state index in [0.29, 0.717) is 17.0 Å². The van der Waals surface area contributed by atoms with Crippen molar-refractivity contribution in [3.63, 3.8) is 0 Å². The van der Waals surface area contributed by atoms with Gasteiger partial charge < -0.3 is 10.1 Å². The van der Waals surface area contributed by atoms with Gasteiger partial charge in [0.1, 0.15) is 0 Å². The Balaban J connectivity index is 1.82.